The predicted octanol–water partition coefficient (Wildman–Crippen LogP) is 3.98. The Hall–Kier alpha value is -2.95. The first-order valence-electron chi connectivity index (χ1n) is 11.7. The van der Waals surface area contributed by atoms with Gasteiger partial charge in [-0.3, -0.25) is 19.3 Å². The highest BCUT2D eigenvalue weighted by molar-refractivity contribution is 6.10. The van der Waals surface area contributed by atoms with Crippen molar-refractivity contribution in [3.05, 3.63) is 71.3 Å². The SMILES string of the molecule is Cc1ccccc1[C@]1(CC(=O)N2C[C@@H]3CCC[C@H]2C3)CC(=O)N(Cc2ccccc2)C1=O. The predicted molar refractivity (Wildman–Crippen MR) is 122 cm³/mol. The number of fused-ring (bicyclic) bond motifs is 2. The van der Waals surface area contributed by atoms with E-state index in [1.54, 1.807) is 0 Å². The van der Waals surface area contributed by atoms with Crippen LogP contribution in [0.1, 0.15) is 55.2 Å². The molecule has 1 saturated carbocycles. The third-order valence-electron chi connectivity index (χ3n) is 7.68. The molecule has 0 unspecified atom stereocenters. The fourth-order valence-electron chi connectivity index (χ4n) is 6.08. The number of hydrogen-bond acceptors (Lipinski definition) is 3. The average Bonchev–Trinajstić information content (AvgIpc) is 3.22. The fraction of sp³-hybridized carbons (Fsp3) is 0.444. The minimum absolute atomic E-state index is 0.0189. The van der Waals surface area contributed by atoms with Gasteiger partial charge < -0.3 is 4.90 Å². The molecule has 5 rings (SSSR count). The summed E-state index contributed by atoms with van der Waals surface area (Å²) in [6.07, 6.45) is 4.60. The summed E-state index contributed by atoms with van der Waals surface area (Å²) in [6, 6.07) is 17.6. The molecule has 5 nitrogen and oxygen atoms in total. The van der Waals surface area contributed by atoms with E-state index >= 15 is 0 Å². The van der Waals surface area contributed by atoms with E-state index < -0.39 is 5.41 Å². The fourth-order valence-corrected chi connectivity index (χ4v) is 6.08. The number of hydrogen-bond donors (Lipinski definition) is 0. The van der Waals surface area contributed by atoms with Gasteiger partial charge in [-0.05, 0) is 48.8 Å². The van der Waals surface area contributed by atoms with Crippen molar-refractivity contribution in [1.29, 1.82) is 0 Å². The third kappa shape index (κ3) is 3.54. The lowest BCUT2D eigenvalue weighted by atomic mass is 9.74. The molecule has 2 aliphatic heterocycles. The molecule has 0 radical (unpaired) electrons. The Morgan fingerprint density at radius 1 is 1.03 bits per heavy atom. The quantitative estimate of drug-likeness (QED) is 0.674. The van der Waals surface area contributed by atoms with Crippen molar-refractivity contribution in [2.24, 2.45) is 5.92 Å². The normalized spacial score (nSPS) is 27.3. The maximum atomic E-state index is 13.9. The monoisotopic (exact) mass is 430 g/mol. The second-order valence-corrected chi connectivity index (χ2v) is 9.75. The van der Waals surface area contributed by atoms with Gasteiger partial charge in [0.15, 0.2) is 0 Å². The van der Waals surface area contributed by atoms with E-state index in [-0.39, 0.29) is 37.1 Å². The zero-order chi connectivity index (χ0) is 22.3. The molecule has 3 atom stereocenters. The van der Waals surface area contributed by atoms with Crippen LogP contribution in [0.5, 0.6) is 0 Å². The molecule has 32 heavy (non-hydrogen) atoms. The molecule has 5 heteroatoms. The Kier molecular flexibility index (Phi) is 5.36. The number of benzene rings is 2. The van der Waals surface area contributed by atoms with Gasteiger partial charge in [-0.1, -0.05) is 61.0 Å². The molecular weight excluding hydrogens is 400 g/mol. The molecule has 3 aliphatic rings. The summed E-state index contributed by atoms with van der Waals surface area (Å²) >= 11 is 0. The zero-order valence-corrected chi connectivity index (χ0v) is 18.6. The Labute approximate surface area is 189 Å². The van der Waals surface area contributed by atoms with Crippen LogP contribution < -0.4 is 0 Å². The van der Waals surface area contributed by atoms with Crippen molar-refractivity contribution in [3.8, 4) is 0 Å². The van der Waals surface area contributed by atoms with E-state index in [1.165, 1.54) is 17.7 Å². The van der Waals surface area contributed by atoms with Gasteiger partial charge in [0.1, 0.15) is 0 Å². The van der Waals surface area contributed by atoms with Crippen molar-refractivity contribution in [1.82, 2.24) is 9.80 Å². The van der Waals surface area contributed by atoms with Gasteiger partial charge in [0.25, 0.3) is 0 Å². The molecule has 3 fully saturated rings. The summed E-state index contributed by atoms with van der Waals surface area (Å²) in [7, 11) is 0. The van der Waals surface area contributed by atoms with E-state index in [1.807, 2.05) is 66.4 Å². The third-order valence-corrected chi connectivity index (χ3v) is 7.68. The van der Waals surface area contributed by atoms with E-state index in [4.69, 9.17) is 0 Å². The van der Waals surface area contributed by atoms with E-state index in [2.05, 4.69) is 0 Å². The first-order valence-corrected chi connectivity index (χ1v) is 11.7. The topological polar surface area (TPSA) is 57.7 Å². The van der Waals surface area contributed by atoms with Crippen LogP contribution in [0, 0.1) is 12.8 Å². The van der Waals surface area contributed by atoms with Gasteiger partial charge in [0.2, 0.25) is 17.7 Å². The minimum atomic E-state index is -1.12. The highest BCUT2D eigenvalue weighted by atomic mass is 16.2. The van der Waals surface area contributed by atoms with E-state index in [0.717, 1.165) is 36.1 Å². The standard InChI is InChI=1S/C27H30N2O3/c1-19-8-5-6-13-23(19)27(15-24(30)28-18-21-11-7-12-22(28)14-21)16-25(31)29(26(27)32)17-20-9-3-2-4-10-20/h2-6,8-10,13,21-22H,7,11-12,14-18H2,1H3/t21-,22+,27+/m1/s1. The van der Waals surface area contributed by atoms with Gasteiger partial charge >= 0.3 is 0 Å². The molecule has 2 bridgehead atoms. The number of nitrogens with zero attached hydrogens (tertiary/aromatic N) is 2. The van der Waals surface area contributed by atoms with Crippen molar-refractivity contribution < 1.29 is 14.4 Å². The summed E-state index contributed by atoms with van der Waals surface area (Å²) in [5, 5.41) is 0. The number of carbonyl (C=O) groups excluding carboxylic acids is 3. The van der Waals surface area contributed by atoms with Crippen LogP contribution in [0.15, 0.2) is 54.6 Å². The minimum Gasteiger partial charge on any atom is -0.339 e. The van der Waals surface area contributed by atoms with Gasteiger partial charge in [0, 0.05) is 25.4 Å². The second kappa shape index (κ2) is 8.19. The van der Waals surface area contributed by atoms with Crippen LogP contribution in [0.2, 0.25) is 0 Å². The maximum Gasteiger partial charge on any atom is 0.241 e. The number of amides is 3. The van der Waals surface area contributed by atoms with Crippen LogP contribution in [0.3, 0.4) is 0 Å². The Balaban J connectivity index is 1.49. The van der Waals surface area contributed by atoms with Crippen molar-refractivity contribution in [3.63, 3.8) is 0 Å². The Morgan fingerprint density at radius 3 is 2.53 bits per heavy atom. The summed E-state index contributed by atoms with van der Waals surface area (Å²) in [4.78, 5) is 44.0. The van der Waals surface area contributed by atoms with Crippen molar-refractivity contribution >= 4 is 17.7 Å². The summed E-state index contributed by atoms with van der Waals surface area (Å²) < 4.78 is 0. The molecule has 0 N–H and O–H groups in total. The maximum absolute atomic E-state index is 13.9. The van der Waals surface area contributed by atoms with Gasteiger partial charge in [-0.2, -0.15) is 0 Å². The van der Waals surface area contributed by atoms with E-state index in [0.29, 0.717) is 12.0 Å². The number of rotatable bonds is 5. The van der Waals surface area contributed by atoms with Crippen LogP contribution in [-0.4, -0.2) is 40.1 Å². The Morgan fingerprint density at radius 2 is 1.78 bits per heavy atom. The number of aryl methyl sites for hydroxylation is 1. The molecule has 3 amide bonds. The first-order chi connectivity index (χ1) is 15.5. The largest absolute Gasteiger partial charge is 0.339 e. The summed E-state index contributed by atoms with van der Waals surface area (Å²) in [5.74, 6) is 0.166. The van der Waals surface area contributed by atoms with Crippen LogP contribution >= 0.6 is 0 Å². The Bertz CT molecular complexity index is 1050. The molecule has 0 spiro atoms. The molecule has 166 valence electrons. The molecule has 2 aromatic carbocycles. The zero-order valence-electron chi connectivity index (χ0n) is 18.6. The molecular formula is C27H30N2O3. The highest BCUT2D eigenvalue weighted by Crippen LogP contribution is 2.44. The molecule has 2 heterocycles. The number of likely N-dealkylation sites (tertiary alicyclic amines) is 2. The van der Waals surface area contributed by atoms with Crippen LogP contribution in [0.4, 0.5) is 0 Å². The lowest BCUT2D eigenvalue weighted by Crippen LogP contribution is -2.44. The molecule has 2 saturated heterocycles. The smallest absolute Gasteiger partial charge is 0.241 e. The molecule has 0 aromatic heterocycles. The van der Waals surface area contributed by atoms with Crippen LogP contribution in [0.25, 0.3) is 0 Å². The highest BCUT2D eigenvalue weighted by Gasteiger charge is 2.55. The molecule has 2 aromatic rings. The summed E-state index contributed by atoms with van der Waals surface area (Å²) in [6.45, 7) is 3.00. The van der Waals surface area contributed by atoms with Crippen LogP contribution in [-0.2, 0) is 26.3 Å². The average molecular weight is 431 g/mol. The van der Waals surface area contributed by atoms with Gasteiger partial charge in [0.05, 0.1) is 12.0 Å². The van der Waals surface area contributed by atoms with Gasteiger partial charge in [-0.25, -0.2) is 0 Å². The number of carbonyl (C=O) groups is 3. The van der Waals surface area contributed by atoms with Crippen molar-refractivity contribution in [2.45, 2.75) is 63.5 Å². The lowest BCUT2D eigenvalue weighted by Gasteiger charge is -2.32. The van der Waals surface area contributed by atoms with Crippen molar-refractivity contribution in [2.75, 3.05) is 6.54 Å². The number of imide groups is 1. The second-order valence-electron chi connectivity index (χ2n) is 9.75. The van der Waals surface area contributed by atoms with E-state index in [9.17, 15) is 14.4 Å². The molecule has 1 aliphatic carbocycles. The lowest BCUT2D eigenvalue weighted by molar-refractivity contribution is -0.143. The first kappa shape index (κ1) is 20.9. The summed E-state index contributed by atoms with van der Waals surface area (Å²) in [5.41, 5.74) is 1.55. The van der Waals surface area contributed by atoms with Gasteiger partial charge in [-0.15, -0.1) is 0 Å².